The number of carbonyl (C=O) groups excluding carboxylic acids is 1. The molecule has 2 aromatic carbocycles. The Balaban J connectivity index is 2.38. The minimum absolute atomic E-state index is 0.0260. The van der Waals surface area contributed by atoms with E-state index in [9.17, 15) is 4.79 Å². The molecular formula is C18H11IN2O3. The summed E-state index contributed by atoms with van der Waals surface area (Å²) in [7, 11) is 1.45. The number of rotatable bonds is 4. The lowest BCUT2D eigenvalue weighted by Gasteiger charge is -2.12. The van der Waals surface area contributed by atoms with Gasteiger partial charge in [-0.3, -0.25) is 0 Å². The van der Waals surface area contributed by atoms with Crippen LogP contribution < -0.4 is 9.47 Å². The number of esters is 1. The fourth-order valence-electron chi connectivity index (χ4n) is 1.90. The Morgan fingerprint density at radius 3 is 2.42 bits per heavy atom. The Kier molecular flexibility index (Phi) is 5.94. The van der Waals surface area contributed by atoms with Crippen LogP contribution in [0.1, 0.15) is 15.9 Å². The Morgan fingerprint density at radius 1 is 1.17 bits per heavy atom. The number of hydrogen-bond acceptors (Lipinski definition) is 5. The van der Waals surface area contributed by atoms with E-state index in [2.05, 4.69) is 0 Å². The van der Waals surface area contributed by atoms with Crippen molar-refractivity contribution in [1.29, 1.82) is 10.5 Å². The summed E-state index contributed by atoms with van der Waals surface area (Å²) in [6.45, 7) is 0. The molecule has 118 valence electrons. The van der Waals surface area contributed by atoms with Crippen molar-refractivity contribution in [2.24, 2.45) is 0 Å². The molecule has 2 aromatic rings. The molecule has 0 spiro atoms. The Bertz CT molecular complexity index is 862. The van der Waals surface area contributed by atoms with Crippen molar-refractivity contribution in [3.8, 4) is 23.6 Å². The number of allylic oxidation sites excluding steroid dienone is 1. The smallest absolute Gasteiger partial charge is 0.343 e. The second-order valence-electron chi connectivity index (χ2n) is 4.57. The second-order valence-corrected chi connectivity index (χ2v) is 5.73. The van der Waals surface area contributed by atoms with Crippen LogP contribution in [-0.4, -0.2) is 13.1 Å². The summed E-state index contributed by atoms with van der Waals surface area (Å²) < 4.78 is 11.3. The predicted octanol–water partition coefficient (Wildman–Crippen LogP) is 3.95. The minimum atomic E-state index is -0.496. The van der Waals surface area contributed by atoms with Crippen LogP contribution in [0.25, 0.3) is 6.08 Å². The fraction of sp³-hybridized carbons (Fsp3) is 0.0556. The predicted molar refractivity (Wildman–Crippen MR) is 96.3 cm³/mol. The van der Waals surface area contributed by atoms with Crippen LogP contribution in [0.2, 0.25) is 0 Å². The van der Waals surface area contributed by atoms with E-state index in [1.54, 1.807) is 48.5 Å². The lowest BCUT2D eigenvalue weighted by atomic mass is 10.1. The molecule has 0 aliphatic carbocycles. The van der Waals surface area contributed by atoms with Crippen molar-refractivity contribution < 1.29 is 14.3 Å². The SMILES string of the molecule is COc1cc(C=C(C#N)C#N)cc(I)c1OC(=O)c1ccccc1. The minimum Gasteiger partial charge on any atom is -0.493 e. The highest BCUT2D eigenvalue weighted by atomic mass is 127. The third-order valence-electron chi connectivity index (χ3n) is 3.01. The third kappa shape index (κ3) is 4.12. The largest absolute Gasteiger partial charge is 0.493 e. The van der Waals surface area contributed by atoms with Gasteiger partial charge in [-0.15, -0.1) is 0 Å². The molecular weight excluding hydrogens is 419 g/mol. The lowest BCUT2D eigenvalue weighted by Crippen LogP contribution is -2.10. The van der Waals surface area contributed by atoms with E-state index < -0.39 is 5.97 Å². The summed E-state index contributed by atoms with van der Waals surface area (Å²) in [5.41, 5.74) is 1.01. The van der Waals surface area contributed by atoms with Gasteiger partial charge < -0.3 is 9.47 Å². The number of nitrogens with zero attached hydrogens (tertiary/aromatic N) is 2. The first-order valence-electron chi connectivity index (χ1n) is 6.75. The Labute approximate surface area is 152 Å². The molecule has 0 bridgehead atoms. The summed E-state index contributed by atoms with van der Waals surface area (Å²) in [6.07, 6.45) is 1.44. The highest BCUT2D eigenvalue weighted by Gasteiger charge is 2.16. The summed E-state index contributed by atoms with van der Waals surface area (Å²) >= 11 is 2.01. The summed E-state index contributed by atoms with van der Waals surface area (Å²) in [6, 6.07) is 15.5. The summed E-state index contributed by atoms with van der Waals surface area (Å²) in [5, 5.41) is 17.7. The molecule has 0 fully saturated rings. The summed E-state index contributed by atoms with van der Waals surface area (Å²) in [5.74, 6) is 0.136. The van der Waals surface area contributed by atoms with Crippen molar-refractivity contribution in [1.82, 2.24) is 0 Å². The zero-order valence-electron chi connectivity index (χ0n) is 12.6. The van der Waals surface area contributed by atoms with Gasteiger partial charge in [0.25, 0.3) is 0 Å². The molecule has 0 saturated carbocycles. The maximum Gasteiger partial charge on any atom is 0.343 e. The zero-order chi connectivity index (χ0) is 17.5. The number of hydrogen-bond donors (Lipinski definition) is 0. The molecule has 0 amide bonds. The highest BCUT2D eigenvalue weighted by molar-refractivity contribution is 14.1. The van der Waals surface area contributed by atoms with Crippen LogP contribution in [0.15, 0.2) is 48.0 Å². The van der Waals surface area contributed by atoms with E-state index in [1.807, 2.05) is 28.7 Å². The average molecular weight is 430 g/mol. The standard InChI is InChI=1S/C18H11IN2O3/c1-23-16-9-12(7-13(10-20)11-21)8-15(19)17(16)24-18(22)14-5-3-2-4-6-14/h2-9H,1H3. The quantitative estimate of drug-likeness (QED) is 0.318. The van der Waals surface area contributed by atoms with E-state index in [1.165, 1.54) is 13.2 Å². The van der Waals surface area contributed by atoms with E-state index in [4.69, 9.17) is 20.0 Å². The van der Waals surface area contributed by atoms with Crippen LogP contribution in [0.3, 0.4) is 0 Å². The van der Waals surface area contributed by atoms with Crippen molar-refractivity contribution >= 4 is 34.6 Å². The Hall–Kier alpha value is -2.84. The number of halogens is 1. The first kappa shape index (κ1) is 17.5. The van der Waals surface area contributed by atoms with Gasteiger partial charge in [0.15, 0.2) is 11.5 Å². The molecule has 0 N–H and O–H groups in total. The Morgan fingerprint density at radius 2 is 1.83 bits per heavy atom. The van der Waals surface area contributed by atoms with Gasteiger partial charge >= 0.3 is 5.97 Å². The number of ether oxygens (including phenoxy) is 2. The number of nitriles is 2. The van der Waals surface area contributed by atoms with Crippen LogP contribution in [0, 0.1) is 26.2 Å². The van der Waals surface area contributed by atoms with Crippen LogP contribution in [0.4, 0.5) is 0 Å². The molecule has 2 rings (SSSR count). The van der Waals surface area contributed by atoms with Gasteiger partial charge in [0.1, 0.15) is 17.7 Å². The lowest BCUT2D eigenvalue weighted by molar-refractivity contribution is 0.0728. The van der Waals surface area contributed by atoms with Crippen LogP contribution in [-0.2, 0) is 0 Å². The maximum absolute atomic E-state index is 12.2. The second kappa shape index (κ2) is 8.14. The molecule has 24 heavy (non-hydrogen) atoms. The molecule has 0 unspecified atom stereocenters. The molecule has 0 aliphatic rings. The van der Waals surface area contributed by atoms with E-state index >= 15 is 0 Å². The zero-order valence-corrected chi connectivity index (χ0v) is 14.8. The van der Waals surface area contributed by atoms with Gasteiger partial charge in [-0.05, 0) is 58.5 Å². The van der Waals surface area contributed by atoms with Gasteiger partial charge in [0.05, 0.1) is 16.2 Å². The molecule has 0 atom stereocenters. The van der Waals surface area contributed by atoms with Gasteiger partial charge in [0, 0.05) is 0 Å². The van der Waals surface area contributed by atoms with Crippen molar-refractivity contribution in [2.45, 2.75) is 0 Å². The van der Waals surface area contributed by atoms with E-state index in [0.717, 1.165) is 0 Å². The molecule has 0 aliphatic heterocycles. The number of carbonyl (C=O) groups is 1. The first-order chi connectivity index (χ1) is 11.6. The summed E-state index contributed by atoms with van der Waals surface area (Å²) in [4.78, 5) is 12.2. The molecule has 5 nitrogen and oxygen atoms in total. The normalized spacial score (nSPS) is 9.33. The first-order valence-corrected chi connectivity index (χ1v) is 7.83. The highest BCUT2D eigenvalue weighted by Crippen LogP contribution is 2.35. The maximum atomic E-state index is 12.2. The molecule has 0 aromatic heterocycles. The van der Waals surface area contributed by atoms with Crippen molar-refractivity contribution in [3.63, 3.8) is 0 Å². The average Bonchev–Trinajstić information content (AvgIpc) is 2.62. The topological polar surface area (TPSA) is 83.1 Å². The van der Waals surface area contributed by atoms with Crippen LogP contribution >= 0.6 is 22.6 Å². The molecule has 0 radical (unpaired) electrons. The van der Waals surface area contributed by atoms with Crippen molar-refractivity contribution in [2.75, 3.05) is 7.11 Å². The van der Waals surface area contributed by atoms with Gasteiger partial charge in [-0.2, -0.15) is 10.5 Å². The van der Waals surface area contributed by atoms with E-state index in [-0.39, 0.29) is 5.57 Å². The van der Waals surface area contributed by atoms with Crippen molar-refractivity contribution in [3.05, 3.63) is 62.7 Å². The molecule has 6 heteroatoms. The number of methoxy groups -OCH3 is 1. The molecule has 0 saturated heterocycles. The van der Waals surface area contributed by atoms with Crippen LogP contribution in [0.5, 0.6) is 11.5 Å². The fourth-order valence-corrected chi connectivity index (χ4v) is 2.64. The third-order valence-corrected chi connectivity index (χ3v) is 3.81. The van der Waals surface area contributed by atoms with Gasteiger partial charge in [0.2, 0.25) is 0 Å². The number of benzene rings is 2. The van der Waals surface area contributed by atoms with Gasteiger partial charge in [-0.1, -0.05) is 18.2 Å². The molecule has 0 heterocycles. The van der Waals surface area contributed by atoms with Gasteiger partial charge in [-0.25, -0.2) is 4.79 Å². The monoisotopic (exact) mass is 430 g/mol. The van der Waals surface area contributed by atoms with E-state index in [0.29, 0.717) is 26.2 Å².